The maximum absolute atomic E-state index is 12.6. The summed E-state index contributed by atoms with van der Waals surface area (Å²) in [5.41, 5.74) is 0. The molecule has 2 amide bonds. The Bertz CT molecular complexity index is 446. The summed E-state index contributed by atoms with van der Waals surface area (Å²) >= 11 is 0. The standard InChI is InChI=1S/C20H36N4O2/c1-17-5-3-7-21(13-17)15-19(25)23-9-11-24(12-10-23)20(26)16-22-8-4-6-18(2)14-22/h17-18H,3-16H2,1-2H3/t17-,18-/m1/s1. The van der Waals surface area contributed by atoms with Crippen molar-refractivity contribution < 1.29 is 9.59 Å². The van der Waals surface area contributed by atoms with Crippen LogP contribution in [0, 0.1) is 11.8 Å². The number of nitrogens with zero attached hydrogens (tertiary/aromatic N) is 4. The van der Waals surface area contributed by atoms with Gasteiger partial charge in [0.15, 0.2) is 0 Å². The van der Waals surface area contributed by atoms with Crippen LogP contribution in [0.2, 0.25) is 0 Å². The molecule has 0 N–H and O–H groups in total. The smallest absolute Gasteiger partial charge is 0.236 e. The molecule has 3 heterocycles. The fraction of sp³-hybridized carbons (Fsp3) is 0.900. The lowest BCUT2D eigenvalue weighted by molar-refractivity contribution is -0.141. The lowest BCUT2D eigenvalue weighted by Gasteiger charge is -2.38. The first-order valence-corrected chi connectivity index (χ1v) is 10.5. The Morgan fingerprint density at radius 1 is 0.692 bits per heavy atom. The van der Waals surface area contributed by atoms with E-state index in [1.807, 2.05) is 9.80 Å². The third kappa shape index (κ3) is 5.43. The molecule has 3 aliphatic heterocycles. The Labute approximate surface area is 158 Å². The topological polar surface area (TPSA) is 47.1 Å². The maximum atomic E-state index is 12.6. The second-order valence-corrected chi connectivity index (χ2v) is 8.73. The van der Waals surface area contributed by atoms with Gasteiger partial charge >= 0.3 is 0 Å². The van der Waals surface area contributed by atoms with E-state index in [4.69, 9.17) is 0 Å². The maximum Gasteiger partial charge on any atom is 0.236 e. The molecule has 26 heavy (non-hydrogen) atoms. The van der Waals surface area contributed by atoms with Crippen LogP contribution in [0.3, 0.4) is 0 Å². The summed E-state index contributed by atoms with van der Waals surface area (Å²) in [6, 6.07) is 0. The molecule has 3 aliphatic rings. The molecule has 148 valence electrons. The Kier molecular flexibility index (Phi) is 6.92. The van der Waals surface area contributed by atoms with Crippen LogP contribution in [0.5, 0.6) is 0 Å². The Balaban J connectivity index is 1.39. The highest BCUT2D eigenvalue weighted by Crippen LogP contribution is 2.17. The van der Waals surface area contributed by atoms with Crippen LogP contribution in [0.25, 0.3) is 0 Å². The molecule has 0 bridgehead atoms. The molecule has 0 unspecified atom stereocenters. The summed E-state index contributed by atoms with van der Waals surface area (Å²) in [6.45, 7) is 12.5. The summed E-state index contributed by atoms with van der Waals surface area (Å²) in [5.74, 6) is 1.86. The van der Waals surface area contributed by atoms with Crippen molar-refractivity contribution in [3.05, 3.63) is 0 Å². The van der Waals surface area contributed by atoms with Crippen molar-refractivity contribution in [1.29, 1.82) is 0 Å². The summed E-state index contributed by atoms with van der Waals surface area (Å²) in [6.07, 6.45) is 4.96. The zero-order valence-electron chi connectivity index (χ0n) is 16.7. The van der Waals surface area contributed by atoms with Gasteiger partial charge in [-0.25, -0.2) is 0 Å². The molecule has 0 aromatic heterocycles. The van der Waals surface area contributed by atoms with E-state index >= 15 is 0 Å². The number of likely N-dealkylation sites (tertiary alicyclic amines) is 2. The lowest BCUT2D eigenvalue weighted by atomic mass is 10.0. The van der Waals surface area contributed by atoms with E-state index in [1.165, 1.54) is 25.7 Å². The molecule has 0 aromatic carbocycles. The number of carbonyl (C=O) groups is 2. The molecular formula is C20H36N4O2. The average molecular weight is 365 g/mol. The van der Waals surface area contributed by atoms with E-state index < -0.39 is 0 Å². The molecule has 3 fully saturated rings. The van der Waals surface area contributed by atoms with Gasteiger partial charge in [0.2, 0.25) is 11.8 Å². The van der Waals surface area contributed by atoms with Gasteiger partial charge in [0.1, 0.15) is 0 Å². The van der Waals surface area contributed by atoms with Crippen LogP contribution in [0.15, 0.2) is 0 Å². The minimum atomic E-state index is 0.232. The minimum absolute atomic E-state index is 0.232. The Hall–Kier alpha value is -1.14. The second-order valence-electron chi connectivity index (χ2n) is 8.73. The van der Waals surface area contributed by atoms with Crippen molar-refractivity contribution in [2.45, 2.75) is 39.5 Å². The quantitative estimate of drug-likeness (QED) is 0.750. The first-order chi connectivity index (χ1) is 12.5. The van der Waals surface area contributed by atoms with Crippen molar-refractivity contribution in [2.75, 3.05) is 65.4 Å². The van der Waals surface area contributed by atoms with Gasteiger partial charge in [0.25, 0.3) is 0 Å². The SMILES string of the molecule is C[C@@H]1CCCN(CC(=O)N2CCN(C(=O)CN3CCC[C@@H](C)C3)CC2)C1. The van der Waals surface area contributed by atoms with Gasteiger partial charge in [-0.15, -0.1) is 0 Å². The summed E-state index contributed by atoms with van der Waals surface area (Å²) < 4.78 is 0. The number of hydrogen-bond acceptors (Lipinski definition) is 4. The third-order valence-corrected chi connectivity index (χ3v) is 6.19. The zero-order chi connectivity index (χ0) is 18.5. The highest BCUT2D eigenvalue weighted by atomic mass is 16.2. The molecule has 6 heteroatoms. The predicted molar refractivity (Wildman–Crippen MR) is 103 cm³/mol. The van der Waals surface area contributed by atoms with Crippen LogP contribution in [-0.2, 0) is 9.59 Å². The van der Waals surface area contributed by atoms with Gasteiger partial charge in [-0.1, -0.05) is 13.8 Å². The average Bonchev–Trinajstić information content (AvgIpc) is 2.62. The van der Waals surface area contributed by atoms with Gasteiger partial charge in [0, 0.05) is 39.3 Å². The summed E-state index contributed by atoms with van der Waals surface area (Å²) in [4.78, 5) is 33.6. The molecule has 0 aromatic rings. The number of hydrogen-bond donors (Lipinski definition) is 0. The number of amides is 2. The van der Waals surface area contributed by atoms with Gasteiger partial charge < -0.3 is 9.80 Å². The minimum Gasteiger partial charge on any atom is -0.338 e. The number of piperidine rings is 2. The molecule has 0 radical (unpaired) electrons. The van der Waals surface area contributed by atoms with Gasteiger partial charge in [-0.2, -0.15) is 0 Å². The molecule has 2 atom stereocenters. The van der Waals surface area contributed by atoms with E-state index in [0.29, 0.717) is 51.1 Å². The third-order valence-electron chi connectivity index (χ3n) is 6.19. The predicted octanol–water partition coefficient (Wildman–Crippen LogP) is 1.12. The fourth-order valence-corrected chi connectivity index (χ4v) is 4.65. The fourth-order valence-electron chi connectivity index (χ4n) is 4.65. The van der Waals surface area contributed by atoms with Crippen molar-refractivity contribution in [2.24, 2.45) is 11.8 Å². The van der Waals surface area contributed by atoms with E-state index in [-0.39, 0.29) is 11.8 Å². The first-order valence-electron chi connectivity index (χ1n) is 10.5. The molecular weight excluding hydrogens is 328 g/mol. The van der Waals surface area contributed by atoms with E-state index in [2.05, 4.69) is 23.6 Å². The van der Waals surface area contributed by atoms with Crippen molar-refractivity contribution in [3.8, 4) is 0 Å². The van der Waals surface area contributed by atoms with E-state index in [0.717, 1.165) is 26.2 Å². The number of carbonyl (C=O) groups excluding carboxylic acids is 2. The zero-order valence-corrected chi connectivity index (χ0v) is 16.7. The lowest BCUT2D eigenvalue weighted by Crippen LogP contribution is -2.55. The molecule has 0 aliphatic carbocycles. The van der Waals surface area contributed by atoms with Crippen LogP contribution in [0.4, 0.5) is 0 Å². The van der Waals surface area contributed by atoms with E-state index in [9.17, 15) is 9.59 Å². The van der Waals surface area contributed by atoms with Crippen LogP contribution >= 0.6 is 0 Å². The molecule has 3 rings (SSSR count). The molecule has 6 nitrogen and oxygen atoms in total. The molecule has 3 saturated heterocycles. The molecule has 0 saturated carbocycles. The first kappa shape index (κ1) is 19.6. The van der Waals surface area contributed by atoms with E-state index in [1.54, 1.807) is 0 Å². The Morgan fingerprint density at radius 3 is 1.42 bits per heavy atom. The van der Waals surface area contributed by atoms with Gasteiger partial charge in [-0.3, -0.25) is 19.4 Å². The highest BCUT2D eigenvalue weighted by Gasteiger charge is 2.28. The van der Waals surface area contributed by atoms with Crippen molar-refractivity contribution >= 4 is 11.8 Å². The van der Waals surface area contributed by atoms with Gasteiger partial charge in [0.05, 0.1) is 13.1 Å². The van der Waals surface area contributed by atoms with Crippen LogP contribution in [0.1, 0.15) is 39.5 Å². The van der Waals surface area contributed by atoms with Crippen molar-refractivity contribution in [3.63, 3.8) is 0 Å². The number of piperazine rings is 1. The Morgan fingerprint density at radius 2 is 1.08 bits per heavy atom. The molecule has 0 spiro atoms. The van der Waals surface area contributed by atoms with Gasteiger partial charge in [-0.05, 0) is 50.6 Å². The largest absolute Gasteiger partial charge is 0.338 e. The second kappa shape index (κ2) is 9.18. The van der Waals surface area contributed by atoms with Crippen LogP contribution < -0.4 is 0 Å². The monoisotopic (exact) mass is 364 g/mol. The van der Waals surface area contributed by atoms with Crippen LogP contribution in [-0.4, -0.2) is 96.9 Å². The number of rotatable bonds is 4. The normalized spacial score (nSPS) is 29.0. The summed E-state index contributed by atoms with van der Waals surface area (Å²) in [5, 5.41) is 0. The highest BCUT2D eigenvalue weighted by molar-refractivity contribution is 5.80. The summed E-state index contributed by atoms with van der Waals surface area (Å²) in [7, 11) is 0. The van der Waals surface area contributed by atoms with Crippen molar-refractivity contribution in [1.82, 2.24) is 19.6 Å².